The third kappa shape index (κ3) is 6.63. The number of nitriles is 1. The van der Waals surface area contributed by atoms with Crippen molar-refractivity contribution in [2.45, 2.75) is 39.4 Å². The molecule has 0 unspecified atom stereocenters. The zero-order valence-corrected chi connectivity index (χ0v) is 17.2. The monoisotopic (exact) mass is 409 g/mol. The Hall–Kier alpha value is -3.86. The van der Waals surface area contributed by atoms with Gasteiger partial charge in [-0.05, 0) is 58.0 Å². The molecule has 0 aromatic heterocycles. The van der Waals surface area contributed by atoms with E-state index in [-0.39, 0.29) is 5.56 Å². The van der Waals surface area contributed by atoms with Crippen LogP contribution < -0.4 is 10.6 Å². The van der Waals surface area contributed by atoms with Crippen LogP contribution in [0.15, 0.2) is 48.5 Å². The number of amides is 2. The van der Waals surface area contributed by atoms with Gasteiger partial charge in [0.2, 0.25) is 0 Å². The lowest BCUT2D eigenvalue weighted by Gasteiger charge is -2.19. The highest BCUT2D eigenvalue weighted by Crippen LogP contribution is 2.17. The average Bonchev–Trinajstić information content (AvgIpc) is 2.66. The Kier molecular flexibility index (Phi) is 7.15. The van der Waals surface area contributed by atoms with E-state index in [9.17, 15) is 14.4 Å². The number of carbonyl (C=O) groups excluding carboxylic acids is 3. The van der Waals surface area contributed by atoms with E-state index in [0.29, 0.717) is 16.9 Å². The number of benzene rings is 2. The molecular weight excluding hydrogens is 386 g/mol. The number of carbonyl (C=O) groups is 3. The maximum absolute atomic E-state index is 12.4. The van der Waals surface area contributed by atoms with Gasteiger partial charge in [0.25, 0.3) is 5.91 Å². The molecule has 2 aromatic carbocycles. The molecule has 1 atom stereocenters. The van der Waals surface area contributed by atoms with Gasteiger partial charge in [0.15, 0.2) is 6.10 Å². The molecular formula is C22H23N3O5. The van der Waals surface area contributed by atoms with Crippen molar-refractivity contribution in [2.75, 3.05) is 10.6 Å². The molecule has 0 radical (unpaired) electrons. The first-order chi connectivity index (χ1) is 14.1. The van der Waals surface area contributed by atoms with E-state index in [1.54, 1.807) is 57.2 Å². The van der Waals surface area contributed by atoms with Gasteiger partial charge < -0.3 is 14.8 Å². The third-order valence-corrected chi connectivity index (χ3v) is 3.70. The van der Waals surface area contributed by atoms with Gasteiger partial charge in [-0.2, -0.15) is 5.26 Å². The van der Waals surface area contributed by atoms with E-state index in [1.165, 1.54) is 19.1 Å². The molecule has 8 nitrogen and oxygen atoms in total. The van der Waals surface area contributed by atoms with Crippen LogP contribution in [0.1, 0.15) is 43.6 Å². The van der Waals surface area contributed by atoms with Gasteiger partial charge in [0.05, 0.1) is 16.8 Å². The lowest BCUT2D eigenvalue weighted by molar-refractivity contribution is -0.123. The van der Waals surface area contributed by atoms with Crippen LogP contribution in [0.4, 0.5) is 16.2 Å². The molecule has 0 aliphatic rings. The molecule has 30 heavy (non-hydrogen) atoms. The number of ether oxygens (including phenoxy) is 2. The highest BCUT2D eigenvalue weighted by molar-refractivity contribution is 5.98. The number of nitrogens with zero attached hydrogens (tertiary/aromatic N) is 1. The number of rotatable bonds is 5. The van der Waals surface area contributed by atoms with Gasteiger partial charge >= 0.3 is 12.1 Å². The molecule has 0 heterocycles. The fraction of sp³-hybridized carbons (Fsp3) is 0.273. The Morgan fingerprint density at radius 1 is 1.03 bits per heavy atom. The molecule has 0 bridgehead atoms. The van der Waals surface area contributed by atoms with Crippen molar-refractivity contribution in [1.29, 1.82) is 5.26 Å². The number of hydrogen-bond donors (Lipinski definition) is 2. The van der Waals surface area contributed by atoms with Crippen molar-refractivity contribution in [2.24, 2.45) is 0 Å². The summed E-state index contributed by atoms with van der Waals surface area (Å²) in [6.07, 6.45) is -1.76. The van der Waals surface area contributed by atoms with Crippen LogP contribution in [0.2, 0.25) is 0 Å². The van der Waals surface area contributed by atoms with Crippen LogP contribution in [-0.4, -0.2) is 29.7 Å². The largest absolute Gasteiger partial charge is 0.449 e. The van der Waals surface area contributed by atoms with E-state index >= 15 is 0 Å². The number of hydrogen-bond acceptors (Lipinski definition) is 6. The van der Waals surface area contributed by atoms with Crippen molar-refractivity contribution < 1.29 is 23.9 Å². The van der Waals surface area contributed by atoms with E-state index in [0.717, 1.165) is 0 Å². The molecule has 156 valence electrons. The van der Waals surface area contributed by atoms with E-state index < -0.39 is 29.7 Å². The summed E-state index contributed by atoms with van der Waals surface area (Å²) in [5.41, 5.74) is 0.467. The van der Waals surface area contributed by atoms with Crippen molar-refractivity contribution in [1.82, 2.24) is 0 Å². The molecule has 0 saturated heterocycles. The van der Waals surface area contributed by atoms with Crippen molar-refractivity contribution in [3.05, 3.63) is 59.7 Å². The second-order valence-electron chi connectivity index (χ2n) is 7.40. The first-order valence-electron chi connectivity index (χ1n) is 9.20. The zero-order chi connectivity index (χ0) is 22.3. The first-order valence-corrected chi connectivity index (χ1v) is 9.20. The summed E-state index contributed by atoms with van der Waals surface area (Å²) < 4.78 is 10.4. The number of anilines is 2. The molecule has 0 spiro atoms. The smallest absolute Gasteiger partial charge is 0.412 e. The van der Waals surface area contributed by atoms with E-state index in [1.807, 2.05) is 6.07 Å². The van der Waals surface area contributed by atoms with Crippen LogP contribution in [0.3, 0.4) is 0 Å². The summed E-state index contributed by atoms with van der Waals surface area (Å²) in [5, 5.41) is 14.2. The normalized spacial score (nSPS) is 11.6. The predicted octanol–water partition coefficient (Wildman–Crippen LogP) is 4.09. The summed E-state index contributed by atoms with van der Waals surface area (Å²) in [7, 11) is 0. The molecule has 2 N–H and O–H groups in total. The highest BCUT2D eigenvalue weighted by atomic mass is 16.6. The first kappa shape index (κ1) is 22.4. The second-order valence-corrected chi connectivity index (χ2v) is 7.40. The Morgan fingerprint density at radius 3 is 2.40 bits per heavy atom. The third-order valence-electron chi connectivity index (χ3n) is 3.70. The molecule has 2 amide bonds. The molecule has 0 aliphatic heterocycles. The molecule has 0 aliphatic carbocycles. The average molecular weight is 409 g/mol. The van der Waals surface area contributed by atoms with Crippen LogP contribution in [0, 0.1) is 11.3 Å². The summed E-state index contributed by atoms with van der Waals surface area (Å²) in [4.78, 5) is 36.6. The molecule has 2 rings (SSSR count). The summed E-state index contributed by atoms with van der Waals surface area (Å²) in [6.45, 7) is 6.64. The maximum atomic E-state index is 12.4. The fourth-order valence-corrected chi connectivity index (χ4v) is 2.35. The minimum absolute atomic E-state index is 0.153. The Labute approximate surface area is 174 Å². The summed E-state index contributed by atoms with van der Waals surface area (Å²) in [6, 6.07) is 14.5. The van der Waals surface area contributed by atoms with Gasteiger partial charge in [-0.3, -0.25) is 10.1 Å². The van der Waals surface area contributed by atoms with Crippen LogP contribution >= 0.6 is 0 Å². The van der Waals surface area contributed by atoms with E-state index in [2.05, 4.69) is 10.6 Å². The van der Waals surface area contributed by atoms with Gasteiger partial charge in [-0.15, -0.1) is 0 Å². The minimum atomic E-state index is -1.10. The molecule has 0 fully saturated rings. The summed E-state index contributed by atoms with van der Waals surface area (Å²) >= 11 is 0. The van der Waals surface area contributed by atoms with Crippen molar-refractivity contribution >= 4 is 29.3 Å². The van der Waals surface area contributed by atoms with Gasteiger partial charge in [0.1, 0.15) is 11.7 Å². The highest BCUT2D eigenvalue weighted by Gasteiger charge is 2.21. The van der Waals surface area contributed by atoms with Crippen molar-refractivity contribution in [3.8, 4) is 6.07 Å². The fourth-order valence-electron chi connectivity index (χ4n) is 2.35. The second kappa shape index (κ2) is 9.56. The Balaban J connectivity index is 2.00. The lowest BCUT2D eigenvalue weighted by atomic mass is 10.2. The predicted molar refractivity (Wildman–Crippen MR) is 111 cm³/mol. The van der Waals surface area contributed by atoms with Crippen LogP contribution in [0.25, 0.3) is 0 Å². The van der Waals surface area contributed by atoms with Gasteiger partial charge in [-0.1, -0.05) is 18.2 Å². The summed E-state index contributed by atoms with van der Waals surface area (Å²) in [5.74, 6) is -1.31. The SMILES string of the molecule is C[C@@H](OC(=O)c1cccc(NC(=O)OC(C)(C)C)c1)C(=O)Nc1ccccc1C#N. The molecule has 2 aromatic rings. The van der Waals surface area contributed by atoms with Crippen LogP contribution in [0.5, 0.6) is 0 Å². The van der Waals surface area contributed by atoms with Crippen LogP contribution in [-0.2, 0) is 14.3 Å². The molecule has 8 heteroatoms. The number of para-hydroxylation sites is 1. The lowest BCUT2D eigenvalue weighted by Crippen LogP contribution is -2.30. The minimum Gasteiger partial charge on any atom is -0.449 e. The van der Waals surface area contributed by atoms with Gasteiger partial charge in [0, 0.05) is 5.69 Å². The zero-order valence-electron chi connectivity index (χ0n) is 17.2. The molecule has 0 saturated carbocycles. The number of esters is 1. The Morgan fingerprint density at radius 2 is 1.73 bits per heavy atom. The van der Waals surface area contributed by atoms with Gasteiger partial charge in [-0.25, -0.2) is 9.59 Å². The van der Waals surface area contributed by atoms with E-state index in [4.69, 9.17) is 14.7 Å². The standard InChI is InChI=1S/C22H23N3O5/c1-14(19(26)25-18-11-6-5-8-16(18)13-23)29-20(27)15-9-7-10-17(12-15)24-21(28)30-22(2,3)4/h5-12,14H,1-4H3,(H,24,28)(H,25,26)/t14-/m1/s1. The topological polar surface area (TPSA) is 118 Å². The van der Waals surface area contributed by atoms with Crippen molar-refractivity contribution in [3.63, 3.8) is 0 Å². The quantitative estimate of drug-likeness (QED) is 0.718. The Bertz CT molecular complexity index is 989. The number of nitrogens with one attached hydrogen (secondary N) is 2. The maximum Gasteiger partial charge on any atom is 0.412 e.